The Morgan fingerprint density at radius 2 is 2.00 bits per heavy atom. The highest BCUT2D eigenvalue weighted by molar-refractivity contribution is 7.19. The Bertz CT molecular complexity index is 1420. The Kier molecular flexibility index (Phi) is 4.89. The molecule has 8 heteroatoms. The number of H-pyrrole nitrogens is 1. The molecule has 0 aliphatic heterocycles. The first-order chi connectivity index (χ1) is 14.2. The molecule has 156 valence electrons. The molecule has 30 heavy (non-hydrogen) atoms. The number of hydrogen-bond acceptors (Lipinski definition) is 4. The van der Waals surface area contributed by atoms with Gasteiger partial charge in [0.05, 0.1) is 10.9 Å². The molecule has 0 radical (unpaired) electrons. The maximum atomic E-state index is 12.9. The van der Waals surface area contributed by atoms with Gasteiger partial charge in [0.2, 0.25) is 0 Å². The maximum Gasteiger partial charge on any atom is 0.337 e. The summed E-state index contributed by atoms with van der Waals surface area (Å²) in [5, 5.41) is 11.1. The van der Waals surface area contributed by atoms with Crippen molar-refractivity contribution in [2.24, 2.45) is 13.0 Å². The van der Waals surface area contributed by atoms with Crippen LogP contribution in [-0.2, 0) is 20.0 Å². The Morgan fingerprint density at radius 3 is 2.67 bits per heavy atom. The second kappa shape index (κ2) is 7.28. The molecule has 0 spiro atoms. The monoisotopic (exact) mass is 425 g/mol. The summed E-state index contributed by atoms with van der Waals surface area (Å²) < 4.78 is 2.53. The molecule has 0 aliphatic rings. The lowest BCUT2D eigenvalue weighted by atomic mass is 10.0. The molecule has 3 aromatic heterocycles. The number of thiophene rings is 1. The van der Waals surface area contributed by atoms with Crippen molar-refractivity contribution in [3.63, 3.8) is 0 Å². The van der Waals surface area contributed by atoms with Crippen LogP contribution in [0.15, 0.2) is 34.0 Å². The van der Waals surface area contributed by atoms with Crippen LogP contribution in [0, 0.1) is 12.8 Å². The van der Waals surface area contributed by atoms with E-state index in [9.17, 15) is 19.5 Å². The number of aromatic nitrogens is 3. The molecule has 0 atom stereocenters. The van der Waals surface area contributed by atoms with Gasteiger partial charge in [0, 0.05) is 42.0 Å². The lowest BCUT2D eigenvalue weighted by Gasteiger charge is -2.11. The number of fused-ring (bicyclic) bond motifs is 2. The molecule has 0 bridgehead atoms. The maximum absolute atomic E-state index is 12.9. The lowest BCUT2D eigenvalue weighted by Crippen LogP contribution is -2.38. The first-order valence-corrected chi connectivity index (χ1v) is 10.6. The van der Waals surface area contributed by atoms with Crippen LogP contribution in [0.2, 0.25) is 0 Å². The van der Waals surface area contributed by atoms with Gasteiger partial charge in [0.25, 0.3) is 5.56 Å². The van der Waals surface area contributed by atoms with Crippen molar-refractivity contribution in [1.29, 1.82) is 0 Å². The van der Waals surface area contributed by atoms with Crippen molar-refractivity contribution in [1.82, 2.24) is 14.1 Å². The highest BCUT2D eigenvalue weighted by Gasteiger charge is 2.26. The normalized spacial score (nSPS) is 11.8. The molecule has 0 amide bonds. The number of carbonyl (C=O) groups is 1. The number of nitrogens with zero attached hydrogens (tertiary/aromatic N) is 2. The van der Waals surface area contributed by atoms with Crippen LogP contribution < -0.4 is 11.2 Å². The highest BCUT2D eigenvalue weighted by atomic mass is 32.1. The Morgan fingerprint density at radius 1 is 1.27 bits per heavy atom. The molecule has 4 aromatic rings. The quantitative estimate of drug-likeness (QED) is 0.511. The molecule has 0 fully saturated rings. The van der Waals surface area contributed by atoms with E-state index >= 15 is 0 Å². The topological polar surface area (TPSA) is 97.1 Å². The van der Waals surface area contributed by atoms with Gasteiger partial charge in [-0.3, -0.25) is 13.9 Å². The molecule has 1 aromatic carbocycles. The van der Waals surface area contributed by atoms with Gasteiger partial charge in [0.15, 0.2) is 0 Å². The summed E-state index contributed by atoms with van der Waals surface area (Å²) in [6, 6.07) is 5.97. The minimum atomic E-state index is -1.15. The Balaban J connectivity index is 2.00. The summed E-state index contributed by atoms with van der Waals surface area (Å²) in [5.41, 5.74) is 2.08. The largest absolute Gasteiger partial charge is 0.478 e. The number of rotatable bonds is 5. The summed E-state index contributed by atoms with van der Waals surface area (Å²) in [7, 11) is 1.40. The number of aryl methyl sites for hydroxylation is 1. The van der Waals surface area contributed by atoms with Crippen molar-refractivity contribution >= 4 is 38.4 Å². The van der Waals surface area contributed by atoms with E-state index in [0.717, 1.165) is 26.6 Å². The average Bonchev–Trinajstić information content (AvgIpc) is 3.26. The van der Waals surface area contributed by atoms with Gasteiger partial charge in [-0.2, -0.15) is 0 Å². The molecule has 0 saturated heterocycles. The molecule has 3 heterocycles. The van der Waals surface area contributed by atoms with E-state index < -0.39 is 17.2 Å². The standard InChI is InChI=1S/C22H23N3O4S/c1-11(2)10-25-20-17(19(26)24(4)22(25)29)16(21(27)28)15(30-20)8-13-9-23-18-12(3)6-5-7-14(13)18/h5-7,9,11,23H,8,10H2,1-4H3,(H,27,28). The van der Waals surface area contributed by atoms with Crippen LogP contribution in [0.4, 0.5) is 0 Å². The van der Waals surface area contributed by atoms with Gasteiger partial charge < -0.3 is 10.1 Å². The number of benzene rings is 1. The minimum Gasteiger partial charge on any atom is -0.478 e. The summed E-state index contributed by atoms with van der Waals surface area (Å²) in [5.74, 6) is -0.988. The summed E-state index contributed by atoms with van der Waals surface area (Å²) >= 11 is 1.22. The number of para-hydroxylation sites is 1. The fraction of sp³-hybridized carbons (Fsp3) is 0.318. The van der Waals surface area contributed by atoms with E-state index in [-0.39, 0.29) is 16.9 Å². The molecule has 0 aliphatic carbocycles. The Hall–Kier alpha value is -3.13. The van der Waals surface area contributed by atoms with Gasteiger partial charge in [-0.05, 0) is 24.0 Å². The van der Waals surface area contributed by atoms with E-state index in [0.29, 0.717) is 22.7 Å². The number of carboxylic acids is 1. The number of aromatic carboxylic acids is 1. The van der Waals surface area contributed by atoms with Crippen LogP contribution in [-0.4, -0.2) is 25.2 Å². The van der Waals surface area contributed by atoms with Crippen LogP contribution in [0.3, 0.4) is 0 Å². The zero-order chi connectivity index (χ0) is 21.7. The van der Waals surface area contributed by atoms with Gasteiger partial charge in [-0.1, -0.05) is 32.0 Å². The van der Waals surface area contributed by atoms with Gasteiger partial charge in [-0.25, -0.2) is 9.59 Å². The second-order valence-electron chi connectivity index (χ2n) is 8.02. The third kappa shape index (κ3) is 3.08. The third-order valence-corrected chi connectivity index (χ3v) is 6.58. The van der Waals surface area contributed by atoms with Crippen LogP contribution in [0.1, 0.15) is 40.2 Å². The molecule has 0 unspecified atom stereocenters. The van der Waals surface area contributed by atoms with E-state index in [1.165, 1.54) is 23.0 Å². The summed E-state index contributed by atoms with van der Waals surface area (Å²) in [6.45, 7) is 6.38. The second-order valence-corrected chi connectivity index (χ2v) is 9.11. The fourth-order valence-electron chi connectivity index (χ4n) is 3.94. The van der Waals surface area contributed by atoms with Gasteiger partial charge in [-0.15, -0.1) is 11.3 Å². The SMILES string of the molecule is Cc1cccc2c(Cc3sc4c(c3C(=O)O)c(=O)n(C)c(=O)n4CC(C)C)c[nH]c12. The van der Waals surface area contributed by atoms with Crippen molar-refractivity contribution in [3.05, 3.63) is 66.8 Å². The number of aromatic amines is 1. The zero-order valence-corrected chi connectivity index (χ0v) is 18.1. The minimum absolute atomic E-state index is 0.00453. The molecule has 7 nitrogen and oxygen atoms in total. The highest BCUT2D eigenvalue weighted by Crippen LogP contribution is 2.33. The van der Waals surface area contributed by atoms with Crippen LogP contribution >= 0.6 is 11.3 Å². The predicted octanol–water partition coefficient (Wildman–Crippen LogP) is 3.50. The predicted molar refractivity (Wildman–Crippen MR) is 119 cm³/mol. The van der Waals surface area contributed by atoms with Crippen molar-refractivity contribution in [2.45, 2.75) is 33.7 Å². The van der Waals surface area contributed by atoms with E-state index in [4.69, 9.17) is 0 Å². The summed E-state index contributed by atoms with van der Waals surface area (Å²) in [4.78, 5) is 42.1. The molecular weight excluding hydrogens is 402 g/mol. The van der Waals surface area contributed by atoms with Crippen molar-refractivity contribution in [3.8, 4) is 0 Å². The molecule has 2 N–H and O–H groups in total. The van der Waals surface area contributed by atoms with E-state index in [1.807, 2.05) is 45.2 Å². The first-order valence-electron chi connectivity index (χ1n) is 9.74. The molecule has 4 rings (SSSR count). The lowest BCUT2D eigenvalue weighted by molar-refractivity contribution is 0.0698. The third-order valence-electron chi connectivity index (χ3n) is 5.37. The van der Waals surface area contributed by atoms with Gasteiger partial charge in [0.1, 0.15) is 4.83 Å². The average molecular weight is 426 g/mol. The summed E-state index contributed by atoms with van der Waals surface area (Å²) in [6.07, 6.45) is 2.25. The van der Waals surface area contributed by atoms with Crippen LogP contribution in [0.5, 0.6) is 0 Å². The zero-order valence-electron chi connectivity index (χ0n) is 17.3. The smallest absolute Gasteiger partial charge is 0.337 e. The van der Waals surface area contributed by atoms with Crippen molar-refractivity contribution < 1.29 is 9.90 Å². The number of carboxylic acid groups (broad SMARTS) is 1. The fourth-order valence-corrected chi connectivity index (χ4v) is 5.24. The van der Waals surface area contributed by atoms with E-state index in [1.54, 1.807) is 0 Å². The van der Waals surface area contributed by atoms with E-state index in [2.05, 4.69) is 4.98 Å². The van der Waals surface area contributed by atoms with Crippen molar-refractivity contribution in [2.75, 3.05) is 0 Å². The first kappa shape index (κ1) is 20.2. The molecular formula is C22H23N3O4S. The van der Waals surface area contributed by atoms with Crippen LogP contribution in [0.25, 0.3) is 21.1 Å². The van der Waals surface area contributed by atoms with Gasteiger partial charge >= 0.3 is 11.7 Å². The number of nitrogens with one attached hydrogen (secondary N) is 1. The Labute approximate surface area is 176 Å². The number of hydrogen-bond donors (Lipinski definition) is 2. The molecule has 0 saturated carbocycles.